The van der Waals surface area contributed by atoms with Crippen molar-refractivity contribution in [3.8, 4) is 0 Å². The first-order valence-corrected chi connectivity index (χ1v) is 5.56. The number of carbonyl (C=O) groups is 1. The monoisotopic (exact) mass is 242 g/mol. The van der Waals surface area contributed by atoms with E-state index in [1.165, 1.54) is 18.1 Å². The summed E-state index contributed by atoms with van der Waals surface area (Å²) < 4.78 is 0. The van der Waals surface area contributed by atoms with Crippen molar-refractivity contribution >= 4 is 11.7 Å². The quantitative estimate of drug-likeness (QED) is 0.851. The van der Waals surface area contributed by atoms with Crippen LogP contribution >= 0.6 is 0 Å². The second-order valence-electron chi connectivity index (χ2n) is 3.93. The minimum Gasteiger partial charge on any atom is -0.365 e. The van der Waals surface area contributed by atoms with Crippen LogP contribution in [0.15, 0.2) is 36.8 Å². The summed E-state index contributed by atoms with van der Waals surface area (Å²) in [5, 5.41) is 3.10. The van der Waals surface area contributed by atoms with Crippen molar-refractivity contribution in [3.63, 3.8) is 0 Å². The van der Waals surface area contributed by atoms with Gasteiger partial charge in [-0.25, -0.2) is 9.97 Å². The van der Waals surface area contributed by atoms with Crippen LogP contribution in [0.1, 0.15) is 21.5 Å². The highest BCUT2D eigenvalue weighted by Crippen LogP contribution is 2.13. The highest BCUT2D eigenvalue weighted by Gasteiger charge is 2.09. The minimum absolute atomic E-state index is 0.297. The Hall–Kier alpha value is -2.43. The first-order valence-electron chi connectivity index (χ1n) is 5.56. The van der Waals surface area contributed by atoms with Crippen LogP contribution in [-0.4, -0.2) is 15.9 Å². The zero-order valence-electron chi connectivity index (χ0n) is 10.1. The molecule has 1 aromatic heterocycles. The average molecular weight is 242 g/mol. The van der Waals surface area contributed by atoms with Crippen molar-refractivity contribution < 1.29 is 4.79 Å². The van der Waals surface area contributed by atoms with Crippen LogP contribution in [0.25, 0.3) is 0 Å². The summed E-state index contributed by atoms with van der Waals surface area (Å²) in [6, 6.07) is 8.01. The van der Waals surface area contributed by atoms with Crippen LogP contribution < -0.4 is 11.1 Å². The highest BCUT2D eigenvalue weighted by molar-refractivity contribution is 5.97. The van der Waals surface area contributed by atoms with E-state index in [1.54, 1.807) is 0 Å². The Kier molecular flexibility index (Phi) is 3.52. The number of nitrogens with zero attached hydrogens (tertiary/aromatic N) is 2. The van der Waals surface area contributed by atoms with Gasteiger partial charge in [0.2, 0.25) is 0 Å². The second kappa shape index (κ2) is 5.27. The molecule has 2 rings (SSSR count). The molecule has 5 heteroatoms. The van der Waals surface area contributed by atoms with Gasteiger partial charge in [-0.3, -0.25) is 4.79 Å². The molecule has 92 valence electrons. The third-order valence-electron chi connectivity index (χ3n) is 2.69. The number of aryl methyl sites for hydroxylation is 1. The zero-order valence-corrected chi connectivity index (χ0v) is 10.1. The van der Waals surface area contributed by atoms with Crippen molar-refractivity contribution in [1.82, 2.24) is 9.97 Å². The predicted molar refractivity (Wildman–Crippen MR) is 69.1 cm³/mol. The van der Waals surface area contributed by atoms with Crippen molar-refractivity contribution in [2.75, 3.05) is 5.32 Å². The van der Waals surface area contributed by atoms with E-state index in [0.29, 0.717) is 17.9 Å². The van der Waals surface area contributed by atoms with Crippen molar-refractivity contribution in [2.45, 2.75) is 13.5 Å². The maximum atomic E-state index is 11.2. The van der Waals surface area contributed by atoms with Crippen LogP contribution in [0.4, 0.5) is 5.82 Å². The van der Waals surface area contributed by atoms with E-state index in [0.717, 1.165) is 5.56 Å². The predicted octanol–water partition coefficient (Wildman–Crippen LogP) is 1.50. The first kappa shape index (κ1) is 12.0. The molecule has 0 saturated heterocycles. The van der Waals surface area contributed by atoms with Crippen LogP contribution in [0, 0.1) is 6.92 Å². The number of nitrogens with two attached hydrogens (primary N) is 1. The summed E-state index contributed by atoms with van der Waals surface area (Å²) in [5.74, 6) is -0.0800. The molecule has 0 aliphatic carbocycles. The standard InChI is InChI=1S/C13H14N4O/c1-9-4-2-3-5-10(9)6-16-13-11(12(14)18)7-15-8-17-13/h2-5,7-8H,6H2,1H3,(H2,14,18)(H,15,16,17). The molecule has 2 aromatic rings. The number of anilines is 1. The molecule has 0 saturated carbocycles. The Morgan fingerprint density at radius 3 is 2.89 bits per heavy atom. The van der Waals surface area contributed by atoms with E-state index >= 15 is 0 Å². The SMILES string of the molecule is Cc1ccccc1CNc1ncncc1C(N)=O. The van der Waals surface area contributed by atoms with Gasteiger partial charge in [-0.1, -0.05) is 24.3 Å². The summed E-state index contributed by atoms with van der Waals surface area (Å²) in [5.41, 5.74) is 7.88. The maximum absolute atomic E-state index is 11.2. The Balaban J connectivity index is 2.16. The van der Waals surface area contributed by atoms with Gasteiger partial charge < -0.3 is 11.1 Å². The lowest BCUT2D eigenvalue weighted by Crippen LogP contribution is -2.16. The van der Waals surface area contributed by atoms with E-state index < -0.39 is 5.91 Å². The largest absolute Gasteiger partial charge is 0.365 e. The Bertz CT molecular complexity index is 568. The topological polar surface area (TPSA) is 80.9 Å². The molecular formula is C13H14N4O. The highest BCUT2D eigenvalue weighted by atomic mass is 16.1. The number of primary amides is 1. The van der Waals surface area contributed by atoms with E-state index in [2.05, 4.69) is 15.3 Å². The smallest absolute Gasteiger partial charge is 0.254 e. The number of nitrogens with one attached hydrogen (secondary N) is 1. The molecule has 3 N–H and O–H groups in total. The third kappa shape index (κ3) is 2.63. The third-order valence-corrected chi connectivity index (χ3v) is 2.69. The van der Waals surface area contributed by atoms with Crippen LogP contribution in [0.3, 0.4) is 0 Å². The van der Waals surface area contributed by atoms with Gasteiger partial charge in [0.25, 0.3) is 5.91 Å². The van der Waals surface area contributed by atoms with Crippen LogP contribution in [0.2, 0.25) is 0 Å². The van der Waals surface area contributed by atoms with Crippen LogP contribution in [0.5, 0.6) is 0 Å². The summed E-state index contributed by atoms with van der Waals surface area (Å²) in [7, 11) is 0. The van der Waals surface area contributed by atoms with Gasteiger partial charge in [0.1, 0.15) is 12.1 Å². The molecule has 5 nitrogen and oxygen atoms in total. The van der Waals surface area contributed by atoms with Gasteiger partial charge in [0.05, 0.1) is 5.56 Å². The summed E-state index contributed by atoms with van der Waals surface area (Å²) in [6.45, 7) is 2.62. The molecule has 1 heterocycles. The molecule has 0 bridgehead atoms. The molecule has 1 amide bonds. The molecule has 0 atom stereocenters. The second-order valence-corrected chi connectivity index (χ2v) is 3.93. The molecule has 0 aliphatic heterocycles. The number of aromatic nitrogens is 2. The lowest BCUT2D eigenvalue weighted by Gasteiger charge is -2.09. The van der Waals surface area contributed by atoms with E-state index in [9.17, 15) is 4.79 Å². The van der Waals surface area contributed by atoms with E-state index in [-0.39, 0.29) is 0 Å². The van der Waals surface area contributed by atoms with Crippen molar-refractivity contribution in [1.29, 1.82) is 0 Å². The van der Waals surface area contributed by atoms with Crippen molar-refractivity contribution in [3.05, 3.63) is 53.5 Å². The number of carbonyl (C=O) groups excluding carboxylic acids is 1. The lowest BCUT2D eigenvalue weighted by atomic mass is 10.1. The van der Waals surface area contributed by atoms with Crippen molar-refractivity contribution in [2.24, 2.45) is 5.73 Å². The number of rotatable bonds is 4. The van der Waals surface area contributed by atoms with Gasteiger partial charge in [-0.2, -0.15) is 0 Å². The Morgan fingerprint density at radius 2 is 2.17 bits per heavy atom. The molecule has 0 radical (unpaired) electrons. The summed E-state index contributed by atoms with van der Waals surface area (Å²) in [4.78, 5) is 19.0. The molecule has 0 unspecified atom stereocenters. The summed E-state index contributed by atoms with van der Waals surface area (Å²) in [6.07, 6.45) is 2.79. The number of amides is 1. The first-order chi connectivity index (χ1) is 8.68. The Labute approximate surface area is 105 Å². The van der Waals surface area contributed by atoms with Gasteiger partial charge >= 0.3 is 0 Å². The Morgan fingerprint density at radius 1 is 1.39 bits per heavy atom. The average Bonchev–Trinajstić information content (AvgIpc) is 2.38. The molecule has 1 aromatic carbocycles. The fraction of sp³-hybridized carbons (Fsp3) is 0.154. The summed E-state index contributed by atoms with van der Waals surface area (Å²) >= 11 is 0. The van der Waals surface area contributed by atoms with Gasteiger partial charge in [0.15, 0.2) is 0 Å². The molecule has 0 aliphatic rings. The fourth-order valence-corrected chi connectivity index (χ4v) is 1.64. The minimum atomic E-state index is -0.539. The zero-order chi connectivity index (χ0) is 13.0. The van der Waals surface area contributed by atoms with Crippen LogP contribution in [-0.2, 0) is 6.54 Å². The number of hydrogen-bond acceptors (Lipinski definition) is 4. The van der Waals surface area contributed by atoms with Gasteiger partial charge in [0, 0.05) is 12.7 Å². The molecule has 18 heavy (non-hydrogen) atoms. The van der Waals surface area contributed by atoms with Gasteiger partial charge in [-0.15, -0.1) is 0 Å². The normalized spacial score (nSPS) is 10.1. The van der Waals surface area contributed by atoms with Gasteiger partial charge in [-0.05, 0) is 18.1 Å². The molecular weight excluding hydrogens is 228 g/mol. The number of benzene rings is 1. The van der Waals surface area contributed by atoms with E-state index in [1.807, 2.05) is 31.2 Å². The number of hydrogen-bond donors (Lipinski definition) is 2. The maximum Gasteiger partial charge on any atom is 0.254 e. The molecule has 0 spiro atoms. The fourth-order valence-electron chi connectivity index (χ4n) is 1.64. The molecule has 0 fully saturated rings. The van der Waals surface area contributed by atoms with E-state index in [4.69, 9.17) is 5.73 Å². The lowest BCUT2D eigenvalue weighted by molar-refractivity contribution is 0.100.